The molecule has 0 saturated heterocycles. The van der Waals surface area contributed by atoms with Crippen molar-refractivity contribution in [2.24, 2.45) is 0 Å². The number of benzene rings is 2. The summed E-state index contributed by atoms with van der Waals surface area (Å²) in [7, 11) is 0. The Labute approximate surface area is 130 Å². The molecule has 0 amide bonds. The van der Waals surface area contributed by atoms with E-state index < -0.39 is 6.10 Å². The standard InChI is InChI=1S/C15H14INO3/c16-11-2-4-12(5-3-11)17-8-13(18)10-1-6-14-15(7-10)20-9-19-14/h1-7,13,17-18H,8-9H2. The van der Waals surface area contributed by atoms with Crippen LogP contribution in [0.5, 0.6) is 11.5 Å². The third-order valence-corrected chi connectivity index (χ3v) is 3.84. The number of aliphatic hydroxyl groups is 1. The average Bonchev–Trinajstić information content (AvgIpc) is 2.93. The zero-order valence-corrected chi connectivity index (χ0v) is 12.8. The van der Waals surface area contributed by atoms with Crippen LogP contribution in [-0.4, -0.2) is 18.4 Å². The Hall–Kier alpha value is -1.47. The predicted octanol–water partition coefficient (Wildman–Crippen LogP) is 3.17. The molecule has 0 radical (unpaired) electrons. The zero-order chi connectivity index (χ0) is 13.9. The maximum Gasteiger partial charge on any atom is 0.231 e. The molecule has 3 rings (SSSR count). The summed E-state index contributed by atoms with van der Waals surface area (Å²) in [6.45, 7) is 0.690. The SMILES string of the molecule is OC(CNc1ccc(I)cc1)c1ccc2c(c1)OCO2. The Morgan fingerprint density at radius 3 is 2.65 bits per heavy atom. The smallest absolute Gasteiger partial charge is 0.231 e. The molecule has 0 bridgehead atoms. The second kappa shape index (κ2) is 5.88. The fourth-order valence-electron chi connectivity index (χ4n) is 2.02. The maximum absolute atomic E-state index is 10.2. The maximum atomic E-state index is 10.2. The molecule has 2 aromatic carbocycles. The van der Waals surface area contributed by atoms with E-state index in [-0.39, 0.29) is 6.79 Å². The van der Waals surface area contributed by atoms with E-state index in [1.54, 1.807) is 0 Å². The molecule has 0 fully saturated rings. The van der Waals surface area contributed by atoms with Crippen LogP contribution in [0.1, 0.15) is 11.7 Å². The molecule has 1 aliphatic heterocycles. The van der Waals surface area contributed by atoms with Gasteiger partial charge in [0.15, 0.2) is 11.5 Å². The van der Waals surface area contributed by atoms with Gasteiger partial charge < -0.3 is 19.9 Å². The summed E-state index contributed by atoms with van der Waals surface area (Å²) in [6, 6.07) is 13.5. The van der Waals surface area contributed by atoms with Gasteiger partial charge in [0.05, 0.1) is 6.10 Å². The lowest BCUT2D eigenvalue weighted by molar-refractivity contribution is 0.173. The van der Waals surface area contributed by atoms with Gasteiger partial charge in [-0.3, -0.25) is 0 Å². The molecule has 5 heteroatoms. The van der Waals surface area contributed by atoms with Crippen molar-refractivity contribution in [2.45, 2.75) is 6.10 Å². The van der Waals surface area contributed by atoms with Crippen LogP contribution < -0.4 is 14.8 Å². The number of fused-ring (bicyclic) bond motifs is 1. The van der Waals surface area contributed by atoms with Gasteiger partial charge in [-0.05, 0) is 64.6 Å². The lowest BCUT2D eigenvalue weighted by Gasteiger charge is -2.13. The number of hydrogen-bond donors (Lipinski definition) is 2. The van der Waals surface area contributed by atoms with Crippen molar-refractivity contribution in [3.8, 4) is 11.5 Å². The Kier molecular flexibility index (Phi) is 3.98. The van der Waals surface area contributed by atoms with Crippen LogP contribution in [0, 0.1) is 3.57 Å². The molecular formula is C15H14INO3. The van der Waals surface area contributed by atoms with Crippen LogP contribution in [0.25, 0.3) is 0 Å². The summed E-state index contributed by atoms with van der Waals surface area (Å²) in [5.74, 6) is 1.42. The number of nitrogens with one attached hydrogen (secondary N) is 1. The summed E-state index contributed by atoms with van der Waals surface area (Å²) in [5, 5.41) is 13.4. The van der Waals surface area contributed by atoms with E-state index in [0.717, 1.165) is 17.0 Å². The van der Waals surface area contributed by atoms with Crippen molar-refractivity contribution in [1.82, 2.24) is 0 Å². The highest BCUT2D eigenvalue weighted by Gasteiger charge is 2.16. The van der Waals surface area contributed by atoms with E-state index in [9.17, 15) is 5.11 Å². The number of ether oxygens (including phenoxy) is 2. The van der Waals surface area contributed by atoms with Crippen LogP contribution in [0.15, 0.2) is 42.5 Å². The summed E-state index contributed by atoms with van der Waals surface area (Å²) in [6.07, 6.45) is -0.594. The van der Waals surface area contributed by atoms with Crippen LogP contribution in [0.3, 0.4) is 0 Å². The highest BCUT2D eigenvalue weighted by Crippen LogP contribution is 2.34. The molecule has 1 unspecified atom stereocenters. The number of hydrogen-bond acceptors (Lipinski definition) is 4. The summed E-state index contributed by atoms with van der Waals surface area (Å²) in [5.41, 5.74) is 1.80. The molecule has 4 nitrogen and oxygen atoms in total. The van der Waals surface area contributed by atoms with Gasteiger partial charge in [-0.1, -0.05) is 6.07 Å². The molecule has 0 aliphatic carbocycles. The van der Waals surface area contributed by atoms with Crippen LogP contribution in [0.2, 0.25) is 0 Å². The summed E-state index contributed by atoms with van der Waals surface area (Å²) in [4.78, 5) is 0. The minimum atomic E-state index is -0.594. The Morgan fingerprint density at radius 1 is 1.10 bits per heavy atom. The van der Waals surface area contributed by atoms with Gasteiger partial charge in [0.1, 0.15) is 0 Å². The van der Waals surface area contributed by atoms with E-state index in [4.69, 9.17) is 9.47 Å². The van der Waals surface area contributed by atoms with Gasteiger partial charge in [0.2, 0.25) is 6.79 Å². The Balaban J connectivity index is 1.64. The lowest BCUT2D eigenvalue weighted by Crippen LogP contribution is -2.12. The van der Waals surface area contributed by atoms with Crippen molar-refractivity contribution in [3.63, 3.8) is 0 Å². The lowest BCUT2D eigenvalue weighted by atomic mass is 10.1. The summed E-state index contributed by atoms with van der Waals surface area (Å²) >= 11 is 2.26. The number of rotatable bonds is 4. The van der Waals surface area contributed by atoms with Crippen molar-refractivity contribution in [2.75, 3.05) is 18.7 Å². The molecule has 20 heavy (non-hydrogen) atoms. The first-order chi connectivity index (χ1) is 9.72. The molecule has 1 atom stereocenters. The predicted molar refractivity (Wildman–Crippen MR) is 85.2 cm³/mol. The molecule has 2 aromatic rings. The normalized spacial score (nSPS) is 14.1. The quantitative estimate of drug-likeness (QED) is 0.797. The third-order valence-electron chi connectivity index (χ3n) is 3.13. The molecule has 0 saturated carbocycles. The van der Waals surface area contributed by atoms with Gasteiger partial charge >= 0.3 is 0 Å². The molecular weight excluding hydrogens is 369 g/mol. The number of halogens is 1. The Bertz CT molecular complexity index is 601. The topological polar surface area (TPSA) is 50.7 Å². The highest BCUT2D eigenvalue weighted by molar-refractivity contribution is 14.1. The second-order valence-electron chi connectivity index (χ2n) is 4.52. The molecule has 0 aromatic heterocycles. The van der Waals surface area contributed by atoms with Gasteiger partial charge in [-0.15, -0.1) is 0 Å². The third kappa shape index (κ3) is 2.99. The highest BCUT2D eigenvalue weighted by atomic mass is 127. The fraction of sp³-hybridized carbons (Fsp3) is 0.200. The summed E-state index contributed by atoms with van der Waals surface area (Å²) < 4.78 is 11.7. The first-order valence-electron chi connectivity index (χ1n) is 6.29. The average molecular weight is 383 g/mol. The molecule has 1 heterocycles. The second-order valence-corrected chi connectivity index (χ2v) is 5.76. The van der Waals surface area contributed by atoms with Gasteiger partial charge in [0.25, 0.3) is 0 Å². The molecule has 0 spiro atoms. The van der Waals surface area contributed by atoms with E-state index in [0.29, 0.717) is 12.3 Å². The van der Waals surface area contributed by atoms with E-state index >= 15 is 0 Å². The van der Waals surface area contributed by atoms with E-state index in [1.807, 2.05) is 42.5 Å². The fourth-order valence-corrected chi connectivity index (χ4v) is 2.38. The zero-order valence-electron chi connectivity index (χ0n) is 10.7. The largest absolute Gasteiger partial charge is 0.454 e. The molecule has 2 N–H and O–H groups in total. The van der Waals surface area contributed by atoms with Crippen molar-refractivity contribution in [3.05, 3.63) is 51.6 Å². The minimum absolute atomic E-state index is 0.246. The number of aliphatic hydroxyl groups excluding tert-OH is 1. The van der Waals surface area contributed by atoms with Gasteiger partial charge in [-0.2, -0.15) is 0 Å². The van der Waals surface area contributed by atoms with Crippen LogP contribution in [0.4, 0.5) is 5.69 Å². The molecule has 1 aliphatic rings. The van der Waals surface area contributed by atoms with Crippen molar-refractivity contribution < 1.29 is 14.6 Å². The molecule has 104 valence electrons. The minimum Gasteiger partial charge on any atom is -0.454 e. The van der Waals surface area contributed by atoms with E-state index in [2.05, 4.69) is 27.9 Å². The van der Waals surface area contributed by atoms with Crippen molar-refractivity contribution in [1.29, 1.82) is 0 Å². The van der Waals surface area contributed by atoms with Gasteiger partial charge in [0, 0.05) is 15.8 Å². The van der Waals surface area contributed by atoms with Crippen molar-refractivity contribution >= 4 is 28.3 Å². The Morgan fingerprint density at radius 2 is 1.85 bits per heavy atom. The van der Waals surface area contributed by atoms with Gasteiger partial charge in [-0.25, -0.2) is 0 Å². The van der Waals surface area contributed by atoms with Crippen LogP contribution >= 0.6 is 22.6 Å². The first-order valence-corrected chi connectivity index (χ1v) is 7.37. The monoisotopic (exact) mass is 383 g/mol. The van der Waals surface area contributed by atoms with Crippen LogP contribution in [-0.2, 0) is 0 Å². The first kappa shape index (κ1) is 13.5. The van der Waals surface area contributed by atoms with E-state index in [1.165, 1.54) is 3.57 Å². The number of anilines is 1.